The van der Waals surface area contributed by atoms with Gasteiger partial charge in [0.05, 0.1) is 13.7 Å². The lowest BCUT2D eigenvalue weighted by Gasteiger charge is -2.15. The predicted octanol–water partition coefficient (Wildman–Crippen LogP) is 3.46. The Balaban J connectivity index is 1.90. The van der Waals surface area contributed by atoms with E-state index in [1.165, 1.54) is 11.0 Å². The summed E-state index contributed by atoms with van der Waals surface area (Å²) in [6.07, 6.45) is 3.06. The fourth-order valence-corrected chi connectivity index (χ4v) is 2.30. The monoisotopic (exact) mass is 358 g/mol. The van der Waals surface area contributed by atoms with Crippen LogP contribution in [0.3, 0.4) is 0 Å². The fraction of sp³-hybridized carbons (Fsp3) is 0.158. The molecule has 2 aromatic carbocycles. The number of carbonyl (C=O) groups excluding carboxylic acids is 2. The molecule has 25 heavy (non-hydrogen) atoms. The molecule has 0 radical (unpaired) electrons. The van der Waals surface area contributed by atoms with Crippen LogP contribution in [-0.2, 0) is 9.59 Å². The van der Waals surface area contributed by atoms with E-state index in [1.807, 2.05) is 6.07 Å². The number of halogens is 1. The molecule has 0 fully saturated rings. The summed E-state index contributed by atoms with van der Waals surface area (Å²) in [5.41, 5.74) is 1.43. The highest BCUT2D eigenvalue weighted by Gasteiger charge is 2.11. The molecule has 0 bridgehead atoms. The molecule has 0 aliphatic carbocycles. The van der Waals surface area contributed by atoms with Crippen molar-refractivity contribution in [2.24, 2.45) is 0 Å². The van der Waals surface area contributed by atoms with Crippen LogP contribution in [0.15, 0.2) is 54.6 Å². The Morgan fingerprint density at radius 2 is 1.96 bits per heavy atom. The van der Waals surface area contributed by atoms with Gasteiger partial charge in [-0.3, -0.25) is 9.59 Å². The molecule has 5 nitrogen and oxygen atoms in total. The number of nitrogens with one attached hydrogen (secondary N) is 1. The van der Waals surface area contributed by atoms with E-state index in [2.05, 4.69) is 5.32 Å². The SMILES string of the molecule is COc1cccc(NC(=O)CN(C)C(=O)/C=C/c2cccc(Cl)c2)c1. The maximum absolute atomic E-state index is 12.1. The van der Waals surface area contributed by atoms with Gasteiger partial charge >= 0.3 is 0 Å². The van der Waals surface area contributed by atoms with E-state index in [1.54, 1.807) is 62.7 Å². The van der Waals surface area contributed by atoms with E-state index in [-0.39, 0.29) is 18.4 Å². The number of benzene rings is 2. The maximum atomic E-state index is 12.1. The molecule has 0 aromatic heterocycles. The highest BCUT2D eigenvalue weighted by molar-refractivity contribution is 6.30. The molecule has 130 valence electrons. The van der Waals surface area contributed by atoms with Crippen LogP contribution < -0.4 is 10.1 Å². The Morgan fingerprint density at radius 3 is 2.68 bits per heavy atom. The van der Waals surface area contributed by atoms with Crippen molar-refractivity contribution in [1.82, 2.24) is 4.90 Å². The lowest BCUT2D eigenvalue weighted by Crippen LogP contribution is -2.33. The third-order valence-electron chi connectivity index (χ3n) is 3.38. The maximum Gasteiger partial charge on any atom is 0.246 e. The fourth-order valence-electron chi connectivity index (χ4n) is 2.10. The normalized spacial score (nSPS) is 10.5. The van der Waals surface area contributed by atoms with Crippen molar-refractivity contribution in [2.75, 3.05) is 26.0 Å². The van der Waals surface area contributed by atoms with Gasteiger partial charge in [-0.15, -0.1) is 0 Å². The van der Waals surface area contributed by atoms with E-state index in [0.717, 1.165) is 5.56 Å². The second-order valence-electron chi connectivity index (χ2n) is 5.36. The summed E-state index contributed by atoms with van der Waals surface area (Å²) in [4.78, 5) is 25.5. The van der Waals surface area contributed by atoms with E-state index in [9.17, 15) is 9.59 Å². The largest absolute Gasteiger partial charge is 0.497 e. The lowest BCUT2D eigenvalue weighted by molar-refractivity contribution is -0.129. The number of anilines is 1. The van der Waals surface area contributed by atoms with Gasteiger partial charge in [0.25, 0.3) is 0 Å². The van der Waals surface area contributed by atoms with Crippen LogP contribution in [0.1, 0.15) is 5.56 Å². The first kappa shape index (κ1) is 18.5. The quantitative estimate of drug-likeness (QED) is 0.804. The third-order valence-corrected chi connectivity index (χ3v) is 3.61. The molecule has 0 heterocycles. The minimum atomic E-state index is -0.291. The molecule has 0 saturated heterocycles. The molecule has 2 amide bonds. The van der Waals surface area contributed by atoms with Crippen molar-refractivity contribution in [1.29, 1.82) is 0 Å². The van der Waals surface area contributed by atoms with Gasteiger partial charge in [0.1, 0.15) is 5.75 Å². The molecule has 0 aliphatic heterocycles. The topological polar surface area (TPSA) is 58.6 Å². The van der Waals surface area contributed by atoms with E-state index in [4.69, 9.17) is 16.3 Å². The van der Waals surface area contributed by atoms with Gasteiger partial charge < -0.3 is 15.0 Å². The van der Waals surface area contributed by atoms with Crippen molar-refractivity contribution in [3.63, 3.8) is 0 Å². The Labute approximate surface area is 151 Å². The standard InChI is InChI=1S/C19H19ClN2O3/c1-22(19(24)10-9-14-5-3-6-15(20)11-14)13-18(23)21-16-7-4-8-17(12-16)25-2/h3-12H,13H2,1-2H3,(H,21,23)/b10-9+. The van der Waals surface area contributed by atoms with Gasteiger partial charge in [0.15, 0.2) is 0 Å². The first-order chi connectivity index (χ1) is 12.0. The zero-order chi connectivity index (χ0) is 18.2. The Bertz CT molecular complexity index is 790. The zero-order valence-corrected chi connectivity index (χ0v) is 14.8. The number of carbonyl (C=O) groups is 2. The minimum Gasteiger partial charge on any atom is -0.497 e. The zero-order valence-electron chi connectivity index (χ0n) is 14.0. The van der Waals surface area contributed by atoms with Crippen molar-refractivity contribution in [3.8, 4) is 5.75 Å². The molecule has 2 rings (SSSR count). The van der Waals surface area contributed by atoms with Crippen LogP contribution >= 0.6 is 11.6 Å². The number of ether oxygens (including phenoxy) is 1. The van der Waals surface area contributed by atoms with E-state index >= 15 is 0 Å². The highest BCUT2D eigenvalue weighted by atomic mass is 35.5. The second kappa shape index (κ2) is 8.89. The molecular weight excluding hydrogens is 340 g/mol. The van der Waals surface area contributed by atoms with Gasteiger partial charge in [0.2, 0.25) is 11.8 Å². The Morgan fingerprint density at radius 1 is 1.20 bits per heavy atom. The van der Waals surface area contributed by atoms with Crippen LogP contribution in [0.25, 0.3) is 6.08 Å². The summed E-state index contributed by atoms with van der Waals surface area (Å²) >= 11 is 5.90. The first-order valence-corrected chi connectivity index (χ1v) is 7.98. The summed E-state index contributed by atoms with van der Waals surface area (Å²) in [5.74, 6) is 0.0766. The highest BCUT2D eigenvalue weighted by Crippen LogP contribution is 2.16. The van der Waals surface area contributed by atoms with Gasteiger partial charge in [-0.25, -0.2) is 0 Å². The van der Waals surface area contributed by atoms with Crippen molar-refractivity contribution in [2.45, 2.75) is 0 Å². The lowest BCUT2D eigenvalue weighted by atomic mass is 10.2. The number of nitrogens with zero attached hydrogens (tertiary/aromatic N) is 1. The second-order valence-corrected chi connectivity index (χ2v) is 5.80. The Hall–Kier alpha value is -2.79. The van der Waals surface area contributed by atoms with E-state index in [0.29, 0.717) is 16.5 Å². The summed E-state index contributed by atoms with van der Waals surface area (Å²) in [7, 11) is 3.12. The van der Waals surface area contributed by atoms with Crippen LogP contribution in [0.5, 0.6) is 5.75 Å². The summed E-state index contributed by atoms with van der Waals surface area (Å²) < 4.78 is 5.10. The van der Waals surface area contributed by atoms with Gasteiger partial charge in [-0.1, -0.05) is 29.8 Å². The van der Waals surface area contributed by atoms with E-state index < -0.39 is 0 Å². The molecule has 2 aromatic rings. The average Bonchev–Trinajstić information content (AvgIpc) is 2.59. The molecule has 0 spiro atoms. The Kier molecular flexibility index (Phi) is 6.60. The number of hydrogen-bond donors (Lipinski definition) is 1. The summed E-state index contributed by atoms with van der Waals surface area (Å²) in [6, 6.07) is 14.2. The van der Waals surface area contributed by atoms with Crippen molar-refractivity contribution in [3.05, 3.63) is 65.2 Å². The number of amides is 2. The molecular formula is C19H19ClN2O3. The van der Waals surface area contributed by atoms with Crippen LogP contribution in [0.2, 0.25) is 5.02 Å². The van der Waals surface area contributed by atoms with Crippen LogP contribution in [0.4, 0.5) is 5.69 Å². The predicted molar refractivity (Wildman–Crippen MR) is 99.7 cm³/mol. The van der Waals surface area contributed by atoms with Gasteiger partial charge in [-0.2, -0.15) is 0 Å². The number of likely N-dealkylation sites (N-methyl/N-ethyl adjacent to an activating group) is 1. The molecule has 0 saturated carbocycles. The smallest absolute Gasteiger partial charge is 0.246 e. The van der Waals surface area contributed by atoms with Gasteiger partial charge in [0, 0.05) is 29.9 Å². The number of hydrogen-bond acceptors (Lipinski definition) is 3. The number of methoxy groups -OCH3 is 1. The summed E-state index contributed by atoms with van der Waals surface area (Å²) in [5, 5.41) is 3.33. The minimum absolute atomic E-state index is 0.0596. The summed E-state index contributed by atoms with van der Waals surface area (Å²) in [6.45, 7) is -0.0596. The molecule has 6 heteroatoms. The van der Waals surface area contributed by atoms with Crippen molar-refractivity contribution < 1.29 is 14.3 Å². The first-order valence-electron chi connectivity index (χ1n) is 7.60. The molecule has 1 N–H and O–H groups in total. The van der Waals surface area contributed by atoms with Gasteiger partial charge in [-0.05, 0) is 35.9 Å². The molecule has 0 atom stereocenters. The van der Waals surface area contributed by atoms with Crippen molar-refractivity contribution >= 4 is 35.2 Å². The van der Waals surface area contributed by atoms with Crippen LogP contribution in [-0.4, -0.2) is 37.4 Å². The molecule has 0 aliphatic rings. The van der Waals surface area contributed by atoms with Crippen LogP contribution in [0, 0.1) is 0 Å². The number of rotatable bonds is 6. The molecule has 0 unspecified atom stereocenters. The third kappa shape index (κ3) is 5.97. The average molecular weight is 359 g/mol.